The van der Waals surface area contributed by atoms with Gasteiger partial charge in [-0.2, -0.15) is 0 Å². The Balaban J connectivity index is 1.65. The maximum absolute atomic E-state index is 11.6. The Kier molecular flexibility index (Phi) is 6.09. The first-order chi connectivity index (χ1) is 10.7. The number of benzene rings is 1. The van der Waals surface area contributed by atoms with Crippen molar-refractivity contribution in [3.63, 3.8) is 0 Å². The average Bonchev–Trinajstić information content (AvgIpc) is 2.54. The average molecular weight is 316 g/mol. The Morgan fingerprint density at radius 1 is 1.23 bits per heavy atom. The van der Waals surface area contributed by atoms with Crippen molar-refractivity contribution in [2.45, 2.75) is 0 Å². The first kappa shape index (κ1) is 15.7. The van der Waals surface area contributed by atoms with E-state index in [1.165, 1.54) is 0 Å². The molecule has 5 nitrogen and oxygen atoms in total. The Bertz CT molecular complexity index is 663. The first-order valence-corrected chi connectivity index (χ1v) is 6.91. The fourth-order valence-electron chi connectivity index (χ4n) is 1.50. The molecule has 2 N–H and O–H groups in total. The second kappa shape index (κ2) is 8.55. The van der Waals surface area contributed by atoms with Crippen molar-refractivity contribution >= 4 is 23.3 Å². The van der Waals surface area contributed by atoms with Gasteiger partial charge in [-0.25, -0.2) is 4.79 Å². The molecule has 0 atom stereocenters. The highest BCUT2D eigenvalue weighted by atomic mass is 35.5. The number of carbonyl (C=O) groups excluding carboxylic acids is 1. The van der Waals surface area contributed by atoms with Crippen LogP contribution in [0.2, 0.25) is 5.02 Å². The summed E-state index contributed by atoms with van der Waals surface area (Å²) >= 11 is 5.76. The van der Waals surface area contributed by atoms with Crippen LogP contribution in [-0.4, -0.2) is 24.2 Å². The number of hydrogen-bond donors (Lipinski definition) is 2. The summed E-state index contributed by atoms with van der Waals surface area (Å²) in [6, 6.07) is 10.1. The summed E-state index contributed by atoms with van der Waals surface area (Å²) in [6.45, 7) is 0.474. The van der Waals surface area contributed by atoms with Crippen LogP contribution in [0.4, 0.5) is 10.5 Å². The minimum Gasteiger partial charge on any atom is -0.479 e. The van der Waals surface area contributed by atoms with Crippen LogP contribution in [0, 0.1) is 11.8 Å². The predicted molar refractivity (Wildman–Crippen MR) is 86.0 cm³/mol. The summed E-state index contributed by atoms with van der Waals surface area (Å²) in [5, 5.41) is 5.91. The van der Waals surface area contributed by atoms with Gasteiger partial charge in [-0.05, 0) is 36.4 Å². The summed E-state index contributed by atoms with van der Waals surface area (Å²) in [4.78, 5) is 15.5. The molecule has 22 heavy (non-hydrogen) atoms. The molecule has 0 bridgehead atoms. The molecule has 2 amide bonds. The quantitative estimate of drug-likeness (QED) is 0.853. The summed E-state index contributed by atoms with van der Waals surface area (Å²) in [5.41, 5.74) is 0.662. The molecule has 112 valence electrons. The lowest BCUT2D eigenvalue weighted by atomic mass is 10.3. The van der Waals surface area contributed by atoms with E-state index in [0.29, 0.717) is 16.5 Å². The van der Waals surface area contributed by atoms with Crippen LogP contribution >= 0.6 is 11.6 Å². The van der Waals surface area contributed by atoms with Gasteiger partial charge in [-0.15, -0.1) is 0 Å². The number of ether oxygens (including phenoxy) is 1. The van der Waals surface area contributed by atoms with Gasteiger partial charge in [-0.3, -0.25) is 4.98 Å². The lowest BCUT2D eigenvalue weighted by Gasteiger charge is -2.05. The van der Waals surface area contributed by atoms with E-state index in [2.05, 4.69) is 27.5 Å². The van der Waals surface area contributed by atoms with E-state index < -0.39 is 0 Å². The number of nitrogens with one attached hydrogen (secondary N) is 2. The van der Waals surface area contributed by atoms with Gasteiger partial charge in [0.1, 0.15) is 12.4 Å². The number of urea groups is 1. The van der Waals surface area contributed by atoms with Crippen molar-refractivity contribution in [1.29, 1.82) is 0 Å². The number of amides is 2. The van der Waals surface area contributed by atoms with Crippen molar-refractivity contribution in [1.82, 2.24) is 10.3 Å². The number of pyridine rings is 1. The first-order valence-electron chi connectivity index (χ1n) is 6.53. The van der Waals surface area contributed by atoms with E-state index in [1.807, 2.05) is 0 Å². The van der Waals surface area contributed by atoms with Crippen molar-refractivity contribution in [2.75, 3.05) is 18.5 Å². The van der Waals surface area contributed by atoms with Crippen LogP contribution in [0.15, 0.2) is 48.8 Å². The number of rotatable bonds is 4. The lowest BCUT2D eigenvalue weighted by molar-refractivity contribution is 0.253. The molecule has 0 aliphatic carbocycles. The highest BCUT2D eigenvalue weighted by molar-refractivity contribution is 6.30. The summed E-state index contributed by atoms with van der Waals surface area (Å²) in [7, 11) is 0. The molecular formula is C16H14ClN3O2. The van der Waals surface area contributed by atoms with E-state index in [0.717, 1.165) is 0 Å². The minimum absolute atomic E-state index is 0.232. The van der Waals surface area contributed by atoms with Crippen molar-refractivity contribution < 1.29 is 9.53 Å². The fraction of sp³-hybridized carbons (Fsp3) is 0.125. The zero-order valence-corrected chi connectivity index (χ0v) is 12.4. The normalized spacial score (nSPS) is 9.32. The van der Waals surface area contributed by atoms with Crippen LogP contribution in [0.25, 0.3) is 0 Å². The zero-order chi connectivity index (χ0) is 15.6. The second-order valence-corrected chi connectivity index (χ2v) is 4.58. The Hall–Kier alpha value is -2.71. The second-order valence-electron chi connectivity index (χ2n) is 4.15. The fourth-order valence-corrected chi connectivity index (χ4v) is 1.62. The largest absolute Gasteiger partial charge is 0.479 e. The molecule has 1 aromatic heterocycles. The van der Waals surface area contributed by atoms with Gasteiger partial charge in [0.05, 0.1) is 12.7 Å². The monoisotopic (exact) mass is 315 g/mol. The third-order valence-electron chi connectivity index (χ3n) is 2.51. The Morgan fingerprint density at radius 3 is 2.77 bits per heavy atom. The van der Waals surface area contributed by atoms with Crippen LogP contribution < -0.4 is 15.4 Å². The third-order valence-corrected chi connectivity index (χ3v) is 2.76. The zero-order valence-electron chi connectivity index (χ0n) is 11.7. The molecular weight excluding hydrogens is 302 g/mol. The van der Waals surface area contributed by atoms with Gasteiger partial charge in [0.15, 0.2) is 0 Å². The van der Waals surface area contributed by atoms with Crippen LogP contribution in [0.5, 0.6) is 5.75 Å². The number of carbonyl (C=O) groups is 1. The lowest BCUT2D eigenvalue weighted by Crippen LogP contribution is -2.28. The molecule has 0 saturated carbocycles. The van der Waals surface area contributed by atoms with Gasteiger partial charge >= 0.3 is 6.03 Å². The maximum Gasteiger partial charge on any atom is 0.319 e. The van der Waals surface area contributed by atoms with Crippen molar-refractivity contribution in [3.05, 3.63) is 53.8 Å². The summed E-state index contributed by atoms with van der Waals surface area (Å²) in [6.07, 6.45) is 3.28. The number of nitrogens with zero attached hydrogens (tertiary/aromatic N) is 1. The molecule has 0 aliphatic heterocycles. The number of halogens is 1. The van der Waals surface area contributed by atoms with E-state index in [4.69, 9.17) is 16.3 Å². The highest BCUT2D eigenvalue weighted by Crippen LogP contribution is 2.12. The van der Waals surface area contributed by atoms with E-state index in [-0.39, 0.29) is 19.2 Å². The number of anilines is 1. The van der Waals surface area contributed by atoms with E-state index in [9.17, 15) is 4.79 Å². The minimum atomic E-state index is -0.329. The van der Waals surface area contributed by atoms with Gasteiger partial charge in [0, 0.05) is 16.9 Å². The highest BCUT2D eigenvalue weighted by Gasteiger charge is 1.99. The number of aromatic nitrogens is 1. The molecule has 0 spiro atoms. The molecule has 6 heteroatoms. The maximum atomic E-state index is 11.6. The van der Waals surface area contributed by atoms with E-state index in [1.54, 1.807) is 48.8 Å². The van der Waals surface area contributed by atoms with Gasteiger partial charge < -0.3 is 15.4 Å². The third kappa shape index (κ3) is 5.73. The molecule has 1 heterocycles. The van der Waals surface area contributed by atoms with E-state index >= 15 is 0 Å². The number of hydrogen-bond acceptors (Lipinski definition) is 3. The molecule has 2 rings (SSSR count). The van der Waals surface area contributed by atoms with Crippen LogP contribution in [0.3, 0.4) is 0 Å². The Morgan fingerprint density at radius 2 is 2.05 bits per heavy atom. The molecule has 0 fully saturated rings. The molecule has 2 aromatic rings. The predicted octanol–water partition coefficient (Wildman–Crippen LogP) is 2.94. The molecule has 0 aliphatic rings. The van der Waals surface area contributed by atoms with Crippen LogP contribution in [0.1, 0.15) is 0 Å². The molecule has 0 radical (unpaired) electrons. The SMILES string of the molecule is O=C(NCC#CCOc1cccnc1)Nc1ccc(Cl)cc1. The van der Waals surface area contributed by atoms with Crippen molar-refractivity contribution in [2.24, 2.45) is 0 Å². The summed E-state index contributed by atoms with van der Waals surface area (Å²) < 4.78 is 5.34. The van der Waals surface area contributed by atoms with Gasteiger partial charge in [-0.1, -0.05) is 23.4 Å². The summed E-state index contributed by atoms with van der Waals surface area (Å²) in [5.74, 6) is 6.25. The Labute approximate surface area is 133 Å². The van der Waals surface area contributed by atoms with Crippen molar-refractivity contribution in [3.8, 4) is 17.6 Å². The molecule has 0 saturated heterocycles. The topological polar surface area (TPSA) is 63.2 Å². The van der Waals surface area contributed by atoms with Gasteiger partial charge in [0.25, 0.3) is 0 Å². The smallest absolute Gasteiger partial charge is 0.319 e. The molecule has 1 aromatic carbocycles. The molecule has 0 unspecified atom stereocenters. The van der Waals surface area contributed by atoms with Crippen LogP contribution in [-0.2, 0) is 0 Å². The standard InChI is InChI=1S/C16H14ClN3O2/c17-13-5-7-14(8-6-13)20-16(21)19-10-1-2-11-22-15-4-3-9-18-12-15/h3-9,12H,10-11H2,(H2,19,20,21). The van der Waals surface area contributed by atoms with Gasteiger partial charge in [0.2, 0.25) is 0 Å².